The molecule has 1 rings (SSSR count). The van der Waals surface area contributed by atoms with E-state index < -0.39 is 0 Å². The predicted octanol–water partition coefficient (Wildman–Crippen LogP) is 1.68. The van der Waals surface area contributed by atoms with Crippen molar-refractivity contribution in [3.8, 4) is 0 Å². The molecule has 0 radical (unpaired) electrons. The number of hydrogen-bond acceptors (Lipinski definition) is 4. The fourth-order valence-corrected chi connectivity index (χ4v) is 1.78. The number of carbonyl (C=O) groups excluding carboxylic acids is 2. The lowest BCUT2D eigenvalue weighted by atomic mass is 10.0. The summed E-state index contributed by atoms with van der Waals surface area (Å²) in [7, 11) is 0. The predicted molar refractivity (Wildman–Crippen MR) is 67.3 cm³/mol. The van der Waals surface area contributed by atoms with Gasteiger partial charge < -0.3 is 10.1 Å². The zero-order valence-electron chi connectivity index (χ0n) is 11.1. The molecule has 0 aliphatic heterocycles. The average Bonchev–Trinajstić information content (AvgIpc) is 2.28. The molecule has 5 heteroatoms. The molecular weight excluding hydrogens is 232 g/mol. The number of aryl methyl sites for hydroxylation is 2. The van der Waals surface area contributed by atoms with Gasteiger partial charge in [-0.25, -0.2) is 4.79 Å². The number of nitrogens with zero attached hydrogens (tertiary/aromatic N) is 1. The van der Waals surface area contributed by atoms with Crippen molar-refractivity contribution in [3.05, 3.63) is 28.6 Å². The highest BCUT2D eigenvalue weighted by molar-refractivity contribution is 5.92. The molecule has 0 fully saturated rings. The normalized spacial score (nSPS) is 11.8. The Morgan fingerprint density at radius 2 is 2.22 bits per heavy atom. The third kappa shape index (κ3) is 3.06. The molecule has 18 heavy (non-hydrogen) atoms. The van der Waals surface area contributed by atoms with Crippen molar-refractivity contribution in [2.45, 2.75) is 33.7 Å². The summed E-state index contributed by atoms with van der Waals surface area (Å²) in [5.74, 6) is -0.359. The fourth-order valence-electron chi connectivity index (χ4n) is 1.78. The summed E-state index contributed by atoms with van der Waals surface area (Å²) in [6.07, 6.45) is 0.635. The van der Waals surface area contributed by atoms with Crippen molar-refractivity contribution >= 4 is 12.4 Å². The van der Waals surface area contributed by atoms with E-state index in [1.807, 2.05) is 13.8 Å². The Hall–Kier alpha value is -1.91. The van der Waals surface area contributed by atoms with Crippen molar-refractivity contribution in [2.75, 3.05) is 6.61 Å². The zero-order valence-corrected chi connectivity index (χ0v) is 11.1. The van der Waals surface area contributed by atoms with Crippen molar-refractivity contribution in [3.63, 3.8) is 0 Å². The van der Waals surface area contributed by atoms with Gasteiger partial charge in [0.1, 0.15) is 0 Å². The second-order valence-electron chi connectivity index (χ2n) is 4.05. The van der Waals surface area contributed by atoms with Gasteiger partial charge in [-0.05, 0) is 39.3 Å². The molecule has 0 aliphatic carbocycles. The van der Waals surface area contributed by atoms with Crippen LogP contribution in [0.3, 0.4) is 0 Å². The number of amides is 1. The first-order valence-corrected chi connectivity index (χ1v) is 5.86. The summed E-state index contributed by atoms with van der Waals surface area (Å²) in [4.78, 5) is 26.5. The first-order chi connectivity index (χ1) is 8.51. The Balaban J connectivity index is 3.11. The van der Waals surface area contributed by atoms with Gasteiger partial charge in [0, 0.05) is 0 Å². The van der Waals surface area contributed by atoms with Crippen molar-refractivity contribution < 1.29 is 14.3 Å². The third-order valence-corrected chi connectivity index (χ3v) is 2.66. The summed E-state index contributed by atoms with van der Waals surface area (Å²) >= 11 is 0. The van der Waals surface area contributed by atoms with Crippen LogP contribution in [0.1, 0.15) is 47.2 Å². The van der Waals surface area contributed by atoms with Crippen LogP contribution in [0, 0.1) is 13.8 Å². The lowest BCUT2D eigenvalue weighted by molar-refractivity contribution is -0.110. The quantitative estimate of drug-likeness (QED) is 0.637. The summed E-state index contributed by atoms with van der Waals surface area (Å²) in [6.45, 7) is 7.52. The Kier molecular flexibility index (Phi) is 4.83. The maximum absolute atomic E-state index is 11.8. The fraction of sp³-hybridized carbons (Fsp3) is 0.462. The topological polar surface area (TPSA) is 68.3 Å². The van der Waals surface area contributed by atoms with Crippen LogP contribution in [0.4, 0.5) is 0 Å². The summed E-state index contributed by atoms with van der Waals surface area (Å²) in [5, 5.41) is 2.63. The average molecular weight is 250 g/mol. The molecule has 0 saturated carbocycles. The van der Waals surface area contributed by atoms with Gasteiger partial charge >= 0.3 is 5.97 Å². The number of hydrogen-bond donors (Lipinski definition) is 1. The van der Waals surface area contributed by atoms with E-state index in [1.165, 1.54) is 0 Å². The summed E-state index contributed by atoms with van der Waals surface area (Å²) in [5.41, 5.74) is 2.64. The largest absolute Gasteiger partial charge is 0.462 e. The number of ether oxygens (including phenoxy) is 1. The number of carbonyl (C=O) groups is 2. The standard InChI is InChI=1S/C13H18N2O3/c1-5-18-13(17)12-8(2)6-11(15-10(12)4)9(3)14-7-16/h6-7,9H,5H2,1-4H3,(H,14,16). The van der Waals surface area contributed by atoms with Gasteiger partial charge in [-0.2, -0.15) is 0 Å². The molecule has 1 aromatic heterocycles. The molecular formula is C13H18N2O3. The summed E-state index contributed by atoms with van der Waals surface area (Å²) in [6, 6.07) is 1.61. The minimum absolute atomic E-state index is 0.184. The number of nitrogens with one attached hydrogen (secondary N) is 1. The minimum atomic E-state index is -0.359. The highest BCUT2D eigenvalue weighted by Gasteiger charge is 2.17. The number of aromatic nitrogens is 1. The molecule has 0 aliphatic rings. The molecule has 5 nitrogen and oxygen atoms in total. The number of esters is 1. The number of rotatable bonds is 5. The highest BCUT2D eigenvalue weighted by atomic mass is 16.5. The van der Waals surface area contributed by atoms with E-state index in [4.69, 9.17) is 4.74 Å². The molecule has 0 bridgehead atoms. The summed E-state index contributed by atoms with van der Waals surface area (Å²) < 4.78 is 4.99. The van der Waals surface area contributed by atoms with E-state index in [0.717, 1.165) is 11.3 Å². The second kappa shape index (κ2) is 6.14. The first-order valence-electron chi connectivity index (χ1n) is 5.86. The second-order valence-corrected chi connectivity index (χ2v) is 4.05. The lowest BCUT2D eigenvalue weighted by Gasteiger charge is -2.14. The van der Waals surface area contributed by atoms with Crippen molar-refractivity contribution in [2.24, 2.45) is 0 Å². The van der Waals surface area contributed by atoms with Crippen LogP contribution in [0.25, 0.3) is 0 Å². The van der Waals surface area contributed by atoms with Crippen LogP contribution in [0.15, 0.2) is 6.07 Å². The third-order valence-electron chi connectivity index (χ3n) is 2.66. The van der Waals surface area contributed by atoms with Gasteiger partial charge in [-0.15, -0.1) is 0 Å². The van der Waals surface area contributed by atoms with E-state index in [-0.39, 0.29) is 12.0 Å². The SMILES string of the molecule is CCOC(=O)c1c(C)cc(C(C)NC=O)nc1C. The van der Waals surface area contributed by atoms with E-state index in [0.29, 0.717) is 24.3 Å². The van der Waals surface area contributed by atoms with Crippen LogP contribution >= 0.6 is 0 Å². The molecule has 1 amide bonds. The molecule has 0 aromatic carbocycles. The van der Waals surface area contributed by atoms with Crippen LogP contribution < -0.4 is 5.32 Å². The van der Waals surface area contributed by atoms with Gasteiger partial charge in [0.05, 0.1) is 29.6 Å². The van der Waals surface area contributed by atoms with E-state index in [2.05, 4.69) is 10.3 Å². The molecule has 1 heterocycles. The Labute approximate surface area is 107 Å². The monoisotopic (exact) mass is 250 g/mol. The Bertz CT molecular complexity index is 435. The van der Waals surface area contributed by atoms with Crippen LogP contribution in [-0.2, 0) is 9.53 Å². The lowest BCUT2D eigenvalue weighted by Crippen LogP contribution is -2.19. The molecule has 1 unspecified atom stereocenters. The van der Waals surface area contributed by atoms with Crippen molar-refractivity contribution in [1.29, 1.82) is 0 Å². The first kappa shape index (κ1) is 14.2. The number of pyridine rings is 1. The maximum atomic E-state index is 11.8. The van der Waals surface area contributed by atoms with Crippen LogP contribution in [-0.4, -0.2) is 24.0 Å². The van der Waals surface area contributed by atoms with Gasteiger partial charge in [0.2, 0.25) is 6.41 Å². The smallest absolute Gasteiger partial charge is 0.340 e. The van der Waals surface area contributed by atoms with Crippen LogP contribution in [0.5, 0.6) is 0 Å². The molecule has 98 valence electrons. The minimum Gasteiger partial charge on any atom is -0.462 e. The van der Waals surface area contributed by atoms with Gasteiger partial charge in [0.15, 0.2) is 0 Å². The zero-order chi connectivity index (χ0) is 13.7. The maximum Gasteiger partial charge on any atom is 0.340 e. The highest BCUT2D eigenvalue weighted by Crippen LogP contribution is 2.18. The van der Waals surface area contributed by atoms with Gasteiger partial charge in [-0.3, -0.25) is 9.78 Å². The van der Waals surface area contributed by atoms with E-state index >= 15 is 0 Å². The van der Waals surface area contributed by atoms with Gasteiger partial charge in [0.25, 0.3) is 0 Å². The van der Waals surface area contributed by atoms with Crippen molar-refractivity contribution in [1.82, 2.24) is 10.3 Å². The van der Waals surface area contributed by atoms with Gasteiger partial charge in [-0.1, -0.05) is 0 Å². The van der Waals surface area contributed by atoms with E-state index in [1.54, 1.807) is 19.9 Å². The Morgan fingerprint density at radius 3 is 2.72 bits per heavy atom. The molecule has 1 N–H and O–H groups in total. The molecule has 1 aromatic rings. The van der Waals surface area contributed by atoms with E-state index in [9.17, 15) is 9.59 Å². The van der Waals surface area contributed by atoms with Crippen LogP contribution in [0.2, 0.25) is 0 Å². The molecule has 0 saturated heterocycles. The Morgan fingerprint density at radius 1 is 1.56 bits per heavy atom. The molecule has 0 spiro atoms. The molecule has 1 atom stereocenters.